The highest BCUT2D eigenvalue weighted by Crippen LogP contribution is 2.14. The van der Waals surface area contributed by atoms with E-state index in [9.17, 15) is 8.42 Å². The number of hydrogen-bond acceptors (Lipinski definition) is 4. The van der Waals surface area contributed by atoms with Gasteiger partial charge >= 0.3 is 0 Å². The lowest BCUT2D eigenvalue weighted by atomic mass is 10.1. The number of rotatable bonds is 5. The first-order valence-electron chi connectivity index (χ1n) is 5.79. The van der Waals surface area contributed by atoms with Gasteiger partial charge in [-0.05, 0) is 30.7 Å². The van der Waals surface area contributed by atoms with Crippen molar-refractivity contribution in [1.82, 2.24) is 4.72 Å². The van der Waals surface area contributed by atoms with E-state index in [0.29, 0.717) is 6.61 Å². The maximum Gasteiger partial charge on any atom is 0.240 e. The fraction of sp³-hybridized carbons (Fsp3) is 0.385. The SMILES string of the molecule is COCCNS(=O)(=O)c1ccc(C#CCN)c(C)c1. The number of nitrogens with one attached hydrogen (secondary N) is 1. The number of hydrogen-bond donors (Lipinski definition) is 2. The zero-order chi connectivity index (χ0) is 14.3. The van der Waals surface area contributed by atoms with Gasteiger partial charge in [0.15, 0.2) is 0 Å². The van der Waals surface area contributed by atoms with E-state index >= 15 is 0 Å². The molecule has 0 bridgehead atoms. The van der Waals surface area contributed by atoms with Gasteiger partial charge in [0.05, 0.1) is 18.0 Å². The number of sulfonamides is 1. The summed E-state index contributed by atoms with van der Waals surface area (Å²) in [6, 6.07) is 4.81. The molecular weight excluding hydrogens is 264 g/mol. The summed E-state index contributed by atoms with van der Waals surface area (Å²) in [5.41, 5.74) is 6.88. The Morgan fingerprint density at radius 1 is 1.42 bits per heavy atom. The van der Waals surface area contributed by atoms with E-state index in [1.54, 1.807) is 12.1 Å². The standard InChI is InChI=1S/C13H18N2O3S/c1-11-10-13(6-5-12(11)4-3-7-14)19(16,17)15-8-9-18-2/h5-6,10,15H,7-9,14H2,1-2H3. The second-order valence-corrected chi connectivity index (χ2v) is 5.64. The van der Waals surface area contributed by atoms with Crippen LogP contribution < -0.4 is 10.5 Å². The van der Waals surface area contributed by atoms with Crippen LogP contribution in [0.3, 0.4) is 0 Å². The third-order valence-electron chi connectivity index (χ3n) is 2.43. The van der Waals surface area contributed by atoms with Crippen LogP contribution in [0, 0.1) is 18.8 Å². The summed E-state index contributed by atoms with van der Waals surface area (Å²) < 4.78 is 31.2. The fourth-order valence-corrected chi connectivity index (χ4v) is 2.55. The van der Waals surface area contributed by atoms with Crippen LogP contribution in [0.1, 0.15) is 11.1 Å². The Labute approximate surface area is 114 Å². The van der Waals surface area contributed by atoms with E-state index in [-0.39, 0.29) is 18.0 Å². The molecule has 0 radical (unpaired) electrons. The van der Waals surface area contributed by atoms with Crippen molar-refractivity contribution in [3.05, 3.63) is 29.3 Å². The van der Waals surface area contributed by atoms with Crippen LogP contribution in [0.15, 0.2) is 23.1 Å². The minimum absolute atomic E-state index is 0.222. The number of ether oxygens (including phenoxy) is 1. The molecule has 0 fully saturated rings. The van der Waals surface area contributed by atoms with Gasteiger partial charge in [0, 0.05) is 19.2 Å². The Morgan fingerprint density at radius 2 is 2.16 bits per heavy atom. The van der Waals surface area contributed by atoms with Crippen LogP contribution in [-0.4, -0.2) is 35.2 Å². The third-order valence-corrected chi connectivity index (χ3v) is 3.89. The Hall–Kier alpha value is -1.39. The summed E-state index contributed by atoms with van der Waals surface area (Å²) in [5.74, 6) is 5.63. The molecule has 0 heterocycles. The lowest BCUT2D eigenvalue weighted by Crippen LogP contribution is -2.27. The van der Waals surface area contributed by atoms with Crippen molar-refractivity contribution in [2.24, 2.45) is 5.73 Å². The average Bonchev–Trinajstić information content (AvgIpc) is 2.37. The van der Waals surface area contributed by atoms with Crippen LogP contribution in [-0.2, 0) is 14.8 Å². The molecule has 0 unspecified atom stereocenters. The number of methoxy groups -OCH3 is 1. The Morgan fingerprint density at radius 3 is 2.74 bits per heavy atom. The fourth-order valence-electron chi connectivity index (χ4n) is 1.45. The van der Waals surface area contributed by atoms with Crippen LogP contribution in [0.25, 0.3) is 0 Å². The van der Waals surface area contributed by atoms with E-state index in [1.807, 2.05) is 6.92 Å². The highest BCUT2D eigenvalue weighted by molar-refractivity contribution is 7.89. The van der Waals surface area contributed by atoms with Crippen LogP contribution in [0.5, 0.6) is 0 Å². The van der Waals surface area contributed by atoms with Crippen molar-refractivity contribution in [3.63, 3.8) is 0 Å². The average molecular weight is 282 g/mol. The predicted molar refractivity (Wildman–Crippen MR) is 74.2 cm³/mol. The van der Waals surface area contributed by atoms with Gasteiger partial charge in [-0.1, -0.05) is 11.8 Å². The summed E-state index contributed by atoms with van der Waals surface area (Å²) >= 11 is 0. The molecule has 19 heavy (non-hydrogen) atoms. The molecule has 0 saturated carbocycles. The molecule has 0 aliphatic carbocycles. The van der Waals surface area contributed by atoms with Gasteiger partial charge in [0.1, 0.15) is 0 Å². The van der Waals surface area contributed by atoms with Crippen molar-refractivity contribution in [2.75, 3.05) is 26.8 Å². The Bertz CT molecular complexity index is 586. The van der Waals surface area contributed by atoms with Gasteiger partial charge in [-0.25, -0.2) is 13.1 Å². The molecule has 0 aromatic heterocycles. The largest absolute Gasteiger partial charge is 0.383 e. The first-order chi connectivity index (χ1) is 9.01. The van der Waals surface area contributed by atoms with E-state index in [1.165, 1.54) is 13.2 Å². The summed E-state index contributed by atoms with van der Waals surface area (Å²) in [5, 5.41) is 0. The highest BCUT2D eigenvalue weighted by atomic mass is 32.2. The van der Waals surface area contributed by atoms with Gasteiger partial charge in [0.2, 0.25) is 10.0 Å². The van der Waals surface area contributed by atoms with E-state index in [0.717, 1.165) is 11.1 Å². The van der Waals surface area contributed by atoms with E-state index in [4.69, 9.17) is 10.5 Å². The van der Waals surface area contributed by atoms with E-state index in [2.05, 4.69) is 16.6 Å². The van der Waals surface area contributed by atoms with Crippen molar-refractivity contribution in [1.29, 1.82) is 0 Å². The predicted octanol–water partition coefficient (Wildman–Crippen LogP) is 0.230. The number of benzene rings is 1. The second-order valence-electron chi connectivity index (χ2n) is 3.87. The molecule has 3 N–H and O–H groups in total. The molecule has 0 atom stereocenters. The van der Waals surface area contributed by atoms with Crippen molar-refractivity contribution in [2.45, 2.75) is 11.8 Å². The maximum absolute atomic E-state index is 12.0. The maximum atomic E-state index is 12.0. The zero-order valence-corrected chi connectivity index (χ0v) is 11.9. The molecule has 104 valence electrons. The normalized spacial score (nSPS) is 10.9. The minimum Gasteiger partial charge on any atom is -0.383 e. The first kappa shape index (κ1) is 15.7. The smallest absolute Gasteiger partial charge is 0.240 e. The minimum atomic E-state index is -3.50. The topological polar surface area (TPSA) is 81.4 Å². The number of aryl methyl sites for hydroxylation is 1. The molecule has 0 amide bonds. The summed E-state index contributed by atoms with van der Waals surface area (Å²) in [4.78, 5) is 0.222. The molecule has 0 spiro atoms. The van der Waals surface area contributed by atoms with Crippen LogP contribution in [0.4, 0.5) is 0 Å². The Balaban J connectivity index is 2.94. The lowest BCUT2D eigenvalue weighted by molar-refractivity contribution is 0.204. The number of nitrogens with two attached hydrogens (primary N) is 1. The highest BCUT2D eigenvalue weighted by Gasteiger charge is 2.13. The van der Waals surface area contributed by atoms with Gasteiger partial charge in [-0.3, -0.25) is 0 Å². The molecular formula is C13H18N2O3S. The quantitative estimate of drug-likeness (QED) is 0.598. The monoisotopic (exact) mass is 282 g/mol. The van der Waals surface area contributed by atoms with Gasteiger partial charge in [-0.2, -0.15) is 0 Å². The lowest BCUT2D eigenvalue weighted by Gasteiger charge is -2.07. The molecule has 1 rings (SSSR count). The molecule has 0 aliphatic heterocycles. The summed E-state index contributed by atoms with van der Waals surface area (Å²) in [7, 11) is -1.98. The molecule has 1 aromatic rings. The van der Waals surface area contributed by atoms with E-state index < -0.39 is 10.0 Å². The molecule has 6 heteroatoms. The van der Waals surface area contributed by atoms with Crippen molar-refractivity contribution >= 4 is 10.0 Å². The summed E-state index contributed by atoms with van der Waals surface area (Å²) in [6.07, 6.45) is 0. The van der Waals surface area contributed by atoms with Crippen molar-refractivity contribution in [3.8, 4) is 11.8 Å². The van der Waals surface area contributed by atoms with Gasteiger partial charge in [0.25, 0.3) is 0 Å². The molecule has 1 aromatic carbocycles. The molecule has 0 saturated heterocycles. The van der Waals surface area contributed by atoms with Gasteiger partial charge < -0.3 is 10.5 Å². The third kappa shape index (κ3) is 4.65. The van der Waals surface area contributed by atoms with Crippen molar-refractivity contribution < 1.29 is 13.2 Å². The molecule has 0 aliphatic rings. The Kier molecular flexibility index (Phi) is 5.99. The second kappa shape index (κ2) is 7.26. The first-order valence-corrected chi connectivity index (χ1v) is 7.28. The zero-order valence-electron chi connectivity index (χ0n) is 11.1. The molecule has 5 nitrogen and oxygen atoms in total. The van der Waals surface area contributed by atoms with Crippen LogP contribution in [0.2, 0.25) is 0 Å². The van der Waals surface area contributed by atoms with Crippen LogP contribution >= 0.6 is 0 Å². The van der Waals surface area contributed by atoms with Gasteiger partial charge in [-0.15, -0.1) is 0 Å². The summed E-state index contributed by atoms with van der Waals surface area (Å²) in [6.45, 7) is 2.66.